The van der Waals surface area contributed by atoms with Crippen LogP contribution in [0.5, 0.6) is 11.5 Å². The molecule has 0 unspecified atom stereocenters. The summed E-state index contributed by atoms with van der Waals surface area (Å²) >= 11 is 0. The van der Waals surface area contributed by atoms with Gasteiger partial charge in [0.05, 0.1) is 14.2 Å². The number of pyridine rings is 1. The van der Waals surface area contributed by atoms with Crippen molar-refractivity contribution in [3.63, 3.8) is 0 Å². The van der Waals surface area contributed by atoms with E-state index in [0.29, 0.717) is 17.1 Å². The smallest absolute Gasteiger partial charge is 0.142 e. The molecule has 2 aromatic rings. The Balaban J connectivity index is 2.35. The molecule has 118 valence electrons. The van der Waals surface area contributed by atoms with Crippen LogP contribution in [-0.2, 0) is 12.8 Å². The molecule has 0 fully saturated rings. The fourth-order valence-corrected chi connectivity index (χ4v) is 3.18. The van der Waals surface area contributed by atoms with Gasteiger partial charge in [0.2, 0.25) is 0 Å². The number of hydrogen-bond acceptors (Lipinski definition) is 5. The summed E-state index contributed by atoms with van der Waals surface area (Å²) in [6, 6.07) is 7.80. The molecule has 1 aromatic heterocycles. The lowest BCUT2D eigenvalue weighted by molar-refractivity contribution is 0.404. The highest BCUT2D eigenvalue weighted by Gasteiger charge is 2.24. The van der Waals surface area contributed by atoms with Crippen molar-refractivity contribution in [2.24, 2.45) is 0 Å². The van der Waals surface area contributed by atoms with Crippen LogP contribution in [0.3, 0.4) is 0 Å². The van der Waals surface area contributed by atoms with Crippen molar-refractivity contribution < 1.29 is 9.47 Å². The third-order valence-corrected chi connectivity index (χ3v) is 4.29. The second-order valence-electron chi connectivity index (χ2n) is 5.56. The predicted octanol–water partition coefficient (Wildman–Crippen LogP) is 3.10. The largest absolute Gasteiger partial charge is 0.497 e. The van der Waals surface area contributed by atoms with Crippen LogP contribution in [0.2, 0.25) is 0 Å². The van der Waals surface area contributed by atoms with Crippen molar-refractivity contribution in [1.82, 2.24) is 4.98 Å². The van der Waals surface area contributed by atoms with Gasteiger partial charge in [0.25, 0.3) is 0 Å². The molecular formula is C18H19N3O2. The van der Waals surface area contributed by atoms with Crippen LogP contribution < -0.4 is 15.2 Å². The number of aryl methyl sites for hydroxylation is 1. The molecule has 1 aromatic carbocycles. The second-order valence-corrected chi connectivity index (χ2v) is 5.56. The molecule has 0 saturated carbocycles. The van der Waals surface area contributed by atoms with Crippen LogP contribution in [0.4, 0.5) is 5.82 Å². The van der Waals surface area contributed by atoms with Crippen molar-refractivity contribution in [1.29, 1.82) is 5.26 Å². The normalized spacial score (nSPS) is 13.1. The average Bonchev–Trinajstić information content (AvgIpc) is 2.59. The van der Waals surface area contributed by atoms with E-state index >= 15 is 0 Å². The topological polar surface area (TPSA) is 81.2 Å². The fourth-order valence-electron chi connectivity index (χ4n) is 3.18. The van der Waals surface area contributed by atoms with Gasteiger partial charge in [-0.05, 0) is 49.4 Å². The van der Waals surface area contributed by atoms with Gasteiger partial charge >= 0.3 is 0 Å². The van der Waals surface area contributed by atoms with Crippen molar-refractivity contribution in [3.8, 4) is 28.7 Å². The Kier molecular flexibility index (Phi) is 4.07. The van der Waals surface area contributed by atoms with Gasteiger partial charge in [-0.3, -0.25) is 0 Å². The summed E-state index contributed by atoms with van der Waals surface area (Å²) in [6.07, 6.45) is 3.97. The summed E-state index contributed by atoms with van der Waals surface area (Å²) in [4.78, 5) is 4.45. The van der Waals surface area contributed by atoms with Crippen LogP contribution in [0, 0.1) is 11.3 Å². The number of ether oxygens (including phenoxy) is 2. The van der Waals surface area contributed by atoms with Gasteiger partial charge in [0, 0.05) is 16.8 Å². The van der Waals surface area contributed by atoms with Crippen LogP contribution in [0.1, 0.15) is 29.7 Å². The first kappa shape index (κ1) is 15.2. The summed E-state index contributed by atoms with van der Waals surface area (Å²) < 4.78 is 10.8. The predicted molar refractivity (Wildman–Crippen MR) is 88.5 cm³/mol. The van der Waals surface area contributed by atoms with E-state index in [0.717, 1.165) is 48.1 Å². The van der Waals surface area contributed by atoms with E-state index in [1.165, 1.54) is 0 Å². The molecule has 0 radical (unpaired) electrons. The molecule has 0 atom stereocenters. The van der Waals surface area contributed by atoms with E-state index in [1.807, 2.05) is 18.2 Å². The maximum Gasteiger partial charge on any atom is 0.142 e. The highest BCUT2D eigenvalue weighted by atomic mass is 16.5. The standard InChI is InChI=1S/C18H19N3O2/c1-22-11-7-8-16(23-2)13(9-11)17-12-5-3-4-6-15(12)21-18(20)14(17)10-19/h7-9H,3-6H2,1-2H3,(H2,20,21). The monoisotopic (exact) mass is 309 g/mol. The Morgan fingerprint density at radius 1 is 1.17 bits per heavy atom. The Hall–Kier alpha value is -2.74. The second kappa shape index (κ2) is 6.17. The fraction of sp³-hybridized carbons (Fsp3) is 0.333. The summed E-state index contributed by atoms with van der Waals surface area (Å²) in [5, 5.41) is 9.61. The molecule has 5 heteroatoms. The van der Waals surface area contributed by atoms with E-state index in [-0.39, 0.29) is 5.82 Å². The van der Waals surface area contributed by atoms with Crippen LogP contribution in [-0.4, -0.2) is 19.2 Å². The molecule has 1 aliphatic carbocycles. The van der Waals surface area contributed by atoms with Gasteiger partial charge in [-0.25, -0.2) is 4.98 Å². The number of methoxy groups -OCH3 is 2. The Morgan fingerprint density at radius 2 is 1.96 bits per heavy atom. The first-order chi connectivity index (χ1) is 11.2. The lowest BCUT2D eigenvalue weighted by Gasteiger charge is -2.22. The highest BCUT2D eigenvalue weighted by molar-refractivity contribution is 5.83. The van der Waals surface area contributed by atoms with Gasteiger partial charge in [0.1, 0.15) is 28.9 Å². The summed E-state index contributed by atoms with van der Waals surface area (Å²) in [5.74, 6) is 1.69. The summed E-state index contributed by atoms with van der Waals surface area (Å²) in [6.45, 7) is 0. The minimum atomic E-state index is 0.285. The van der Waals surface area contributed by atoms with Crippen molar-refractivity contribution >= 4 is 5.82 Å². The zero-order valence-corrected chi connectivity index (χ0v) is 13.3. The van der Waals surface area contributed by atoms with E-state index in [2.05, 4.69) is 11.1 Å². The SMILES string of the molecule is COc1ccc(OC)c(-c2c(C#N)c(N)nc3c2CCCC3)c1. The maximum atomic E-state index is 9.61. The van der Waals surface area contributed by atoms with Gasteiger partial charge in [-0.15, -0.1) is 0 Å². The molecule has 3 rings (SSSR count). The van der Waals surface area contributed by atoms with Crippen LogP contribution in [0.25, 0.3) is 11.1 Å². The van der Waals surface area contributed by atoms with Crippen LogP contribution in [0.15, 0.2) is 18.2 Å². The van der Waals surface area contributed by atoms with E-state index in [9.17, 15) is 5.26 Å². The first-order valence-electron chi connectivity index (χ1n) is 7.63. The van der Waals surface area contributed by atoms with Gasteiger partial charge in [0.15, 0.2) is 0 Å². The molecule has 0 aliphatic heterocycles. The van der Waals surface area contributed by atoms with E-state index in [4.69, 9.17) is 15.2 Å². The van der Waals surface area contributed by atoms with Crippen molar-refractivity contribution in [2.75, 3.05) is 20.0 Å². The molecular weight excluding hydrogens is 290 g/mol. The minimum absolute atomic E-state index is 0.285. The number of nitrogens with two attached hydrogens (primary N) is 1. The number of rotatable bonds is 3. The Labute approximate surface area is 135 Å². The van der Waals surface area contributed by atoms with E-state index < -0.39 is 0 Å². The first-order valence-corrected chi connectivity index (χ1v) is 7.63. The number of nitrogen functional groups attached to an aromatic ring is 1. The summed E-state index contributed by atoms with van der Waals surface area (Å²) in [5.41, 5.74) is 10.2. The quantitative estimate of drug-likeness (QED) is 0.942. The zero-order chi connectivity index (χ0) is 16.4. The number of nitriles is 1. The number of fused-ring (bicyclic) bond motifs is 1. The number of nitrogens with zero attached hydrogens (tertiary/aromatic N) is 2. The lowest BCUT2D eigenvalue weighted by Crippen LogP contribution is -2.12. The molecule has 1 heterocycles. The number of anilines is 1. The number of benzene rings is 1. The van der Waals surface area contributed by atoms with Gasteiger partial charge in [-0.1, -0.05) is 0 Å². The Morgan fingerprint density at radius 3 is 2.65 bits per heavy atom. The number of aromatic nitrogens is 1. The average molecular weight is 309 g/mol. The highest BCUT2D eigenvalue weighted by Crippen LogP contribution is 2.41. The van der Waals surface area contributed by atoms with E-state index in [1.54, 1.807) is 14.2 Å². The van der Waals surface area contributed by atoms with Gasteiger partial charge in [-0.2, -0.15) is 5.26 Å². The van der Waals surface area contributed by atoms with Crippen LogP contribution >= 0.6 is 0 Å². The molecule has 0 bridgehead atoms. The Bertz CT molecular complexity index is 794. The number of hydrogen-bond donors (Lipinski definition) is 1. The summed E-state index contributed by atoms with van der Waals surface area (Å²) in [7, 11) is 3.24. The molecule has 5 nitrogen and oxygen atoms in total. The lowest BCUT2D eigenvalue weighted by atomic mass is 9.86. The van der Waals surface area contributed by atoms with Crippen molar-refractivity contribution in [3.05, 3.63) is 35.0 Å². The zero-order valence-electron chi connectivity index (χ0n) is 13.3. The molecule has 1 aliphatic rings. The molecule has 0 saturated heterocycles. The third-order valence-electron chi connectivity index (χ3n) is 4.29. The maximum absolute atomic E-state index is 9.61. The minimum Gasteiger partial charge on any atom is -0.497 e. The van der Waals surface area contributed by atoms with Crippen molar-refractivity contribution in [2.45, 2.75) is 25.7 Å². The third kappa shape index (κ3) is 2.57. The molecule has 0 spiro atoms. The van der Waals surface area contributed by atoms with Gasteiger partial charge < -0.3 is 15.2 Å². The molecule has 0 amide bonds. The molecule has 23 heavy (non-hydrogen) atoms. The molecule has 2 N–H and O–H groups in total.